The van der Waals surface area contributed by atoms with Crippen LogP contribution in [0.3, 0.4) is 0 Å². The van der Waals surface area contributed by atoms with Crippen LogP contribution in [-0.4, -0.2) is 25.7 Å². The van der Waals surface area contributed by atoms with Crippen molar-refractivity contribution < 1.29 is 14.3 Å². The maximum absolute atomic E-state index is 12.1. The molecule has 1 N–H and O–H groups in total. The number of hydrogen-bond acceptors (Lipinski definition) is 4. The van der Waals surface area contributed by atoms with Crippen molar-refractivity contribution in [1.29, 1.82) is 0 Å². The number of ether oxygens (including phenoxy) is 2. The highest BCUT2D eigenvalue weighted by Crippen LogP contribution is 2.17. The normalized spacial score (nSPS) is 17.0. The summed E-state index contributed by atoms with van der Waals surface area (Å²) in [7, 11) is 0. The quantitative estimate of drug-likeness (QED) is 0.779. The number of esters is 1. The molecule has 1 atom stereocenters. The van der Waals surface area contributed by atoms with E-state index in [0.29, 0.717) is 18.1 Å². The van der Waals surface area contributed by atoms with Crippen molar-refractivity contribution >= 4 is 5.97 Å². The number of benzene rings is 2. The third-order valence-electron chi connectivity index (χ3n) is 4.50. The highest BCUT2D eigenvalue weighted by Gasteiger charge is 2.13. The van der Waals surface area contributed by atoms with Gasteiger partial charge in [-0.2, -0.15) is 0 Å². The standard InChI is InChI=1S/C21H25NO3/c23-21(25-16-18-5-2-1-3-6-18)19-8-10-20(11-9-19)24-14-12-17-7-4-13-22-15-17/h1-3,5-6,8-11,17,22H,4,7,12-16H2/t17-/m0/s1. The third kappa shape index (κ3) is 5.61. The Morgan fingerprint density at radius 3 is 2.60 bits per heavy atom. The number of piperidine rings is 1. The molecule has 0 spiro atoms. The number of rotatable bonds is 7. The van der Waals surface area contributed by atoms with E-state index in [0.717, 1.165) is 30.8 Å². The molecule has 4 heteroatoms. The molecule has 2 aromatic carbocycles. The van der Waals surface area contributed by atoms with Gasteiger partial charge in [0.15, 0.2) is 0 Å². The second-order valence-corrected chi connectivity index (χ2v) is 6.44. The minimum absolute atomic E-state index is 0.285. The minimum Gasteiger partial charge on any atom is -0.494 e. The van der Waals surface area contributed by atoms with Gasteiger partial charge < -0.3 is 14.8 Å². The van der Waals surface area contributed by atoms with E-state index in [1.165, 1.54) is 12.8 Å². The minimum atomic E-state index is -0.316. The van der Waals surface area contributed by atoms with Crippen LogP contribution in [0, 0.1) is 5.92 Å². The molecule has 0 amide bonds. The molecular formula is C21H25NO3. The molecule has 0 aromatic heterocycles. The highest BCUT2D eigenvalue weighted by molar-refractivity contribution is 5.89. The second-order valence-electron chi connectivity index (χ2n) is 6.44. The lowest BCUT2D eigenvalue weighted by Crippen LogP contribution is -2.30. The van der Waals surface area contributed by atoms with Crippen molar-refractivity contribution in [1.82, 2.24) is 5.32 Å². The Labute approximate surface area is 149 Å². The molecule has 1 saturated heterocycles. The van der Waals surface area contributed by atoms with Crippen molar-refractivity contribution in [3.8, 4) is 5.75 Å². The van der Waals surface area contributed by atoms with Crippen LogP contribution in [0.4, 0.5) is 0 Å². The summed E-state index contributed by atoms with van der Waals surface area (Å²) in [5.74, 6) is 1.19. The Morgan fingerprint density at radius 1 is 1.08 bits per heavy atom. The molecule has 0 bridgehead atoms. The molecule has 0 aliphatic carbocycles. The summed E-state index contributed by atoms with van der Waals surface area (Å²) in [5.41, 5.74) is 1.52. The molecule has 2 aromatic rings. The van der Waals surface area contributed by atoms with Crippen LogP contribution >= 0.6 is 0 Å². The Hall–Kier alpha value is -2.33. The van der Waals surface area contributed by atoms with E-state index in [1.54, 1.807) is 12.1 Å². The van der Waals surface area contributed by atoms with E-state index in [2.05, 4.69) is 5.32 Å². The zero-order chi connectivity index (χ0) is 17.3. The van der Waals surface area contributed by atoms with Crippen LogP contribution in [0.1, 0.15) is 35.2 Å². The number of carbonyl (C=O) groups is 1. The molecule has 0 radical (unpaired) electrons. The predicted octanol–water partition coefficient (Wildman–Crippen LogP) is 3.81. The van der Waals surface area contributed by atoms with E-state index in [9.17, 15) is 4.79 Å². The van der Waals surface area contributed by atoms with Gasteiger partial charge in [-0.15, -0.1) is 0 Å². The van der Waals surface area contributed by atoms with Crippen LogP contribution < -0.4 is 10.1 Å². The maximum atomic E-state index is 12.1. The summed E-state index contributed by atoms with van der Waals surface area (Å²) in [6.07, 6.45) is 3.60. The van der Waals surface area contributed by atoms with Crippen LogP contribution in [0.5, 0.6) is 5.75 Å². The molecular weight excluding hydrogens is 314 g/mol. The van der Waals surface area contributed by atoms with E-state index >= 15 is 0 Å². The van der Waals surface area contributed by atoms with Gasteiger partial charge in [0.25, 0.3) is 0 Å². The molecule has 3 rings (SSSR count). The van der Waals surface area contributed by atoms with Crippen LogP contribution in [0.2, 0.25) is 0 Å². The molecule has 1 aliphatic heterocycles. The summed E-state index contributed by atoms with van der Waals surface area (Å²) in [4.78, 5) is 12.1. The Bertz CT molecular complexity index is 649. The van der Waals surface area contributed by atoms with Crippen molar-refractivity contribution in [2.45, 2.75) is 25.9 Å². The van der Waals surface area contributed by atoms with Gasteiger partial charge in [0.1, 0.15) is 12.4 Å². The summed E-state index contributed by atoms with van der Waals surface area (Å²) in [6, 6.07) is 16.8. The average Bonchev–Trinajstić information content (AvgIpc) is 2.68. The van der Waals surface area contributed by atoms with Gasteiger partial charge in [0.05, 0.1) is 12.2 Å². The molecule has 1 aliphatic rings. The summed E-state index contributed by atoms with van der Waals surface area (Å²) in [5, 5.41) is 3.42. The van der Waals surface area contributed by atoms with Crippen LogP contribution in [0.15, 0.2) is 54.6 Å². The Balaban J connectivity index is 1.42. The van der Waals surface area contributed by atoms with Crippen molar-refractivity contribution in [2.75, 3.05) is 19.7 Å². The fourth-order valence-corrected chi connectivity index (χ4v) is 3.01. The smallest absolute Gasteiger partial charge is 0.338 e. The fraction of sp³-hybridized carbons (Fsp3) is 0.381. The molecule has 0 unspecified atom stereocenters. The van der Waals surface area contributed by atoms with Crippen molar-refractivity contribution in [3.63, 3.8) is 0 Å². The number of hydrogen-bond donors (Lipinski definition) is 1. The van der Waals surface area contributed by atoms with E-state index < -0.39 is 0 Å². The zero-order valence-electron chi connectivity index (χ0n) is 14.4. The monoisotopic (exact) mass is 339 g/mol. The van der Waals surface area contributed by atoms with Crippen LogP contribution in [0.25, 0.3) is 0 Å². The Kier molecular flexibility index (Phi) is 6.46. The van der Waals surface area contributed by atoms with Gasteiger partial charge >= 0.3 is 5.97 Å². The largest absolute Gasteiger partial charge is 0.494 e. The lowest BCUT2D eigenvalue weighted by molar-refractivity contribution is 0.0472. The van der Waals surface area contributed by atoms with E-state index in [4.69, 9.17) is 9.47 Å². The number of carbonyl (C=O) groups excluding carboxylic acids is 1. The molecule has 1 fully saturated rings. The lowest BCUT2D eigenvalue weighted by atomic mass is 9.97. The zero-order valence-corrected chi connectivity index (χ0v) is 14.4. The van der Waals surface area contributed by atoms with Crippen molar-refractivity contribution in [3.05, 3.63) is 65.7 Å². The van der Waals surface area contributed by atoms with Gasteiger partial charge in [-0.1, -0.05) is 30.3 Å². The Morgan fingerprint density at radius 2 is 1.88 bits per heavy atom. The molecule has 132 valence electrons. The van der Waals surface area contributed by atoms with E-state index in [-0.39, 0.29) is 12.6 Å². The van der Waals surface area contributed by atoms with E-state index in [1.807, 2.05) is 42.5 Å². The maximum Gasteiger partial charge on any atom is 0.338 e. The first kappa shape index (κ1) is 17.5. The number of nitrogens with one attached hydrogen (secondary N) is 1. The first-order valence-electron chi connectivity index (χ1n) is 8.96. The average molecular weight is 339 g/mol. The highest BCUT2D eigenvalue weighted by atomic mass is 16.5. The second kappa shape index (κ2) is 9.23. The third-order valence-corrected chi connectivity index (χ3v) is 4.50. The lowest BCUT2D eigenvalue weighted by Gasteiger charge is -2.22. The van der Waals surface area contributed by atoms with Gasteiger partial charge in [-0.3, -0.25) is 0 Å². The van der Waals surface area contributed by atoms with Gasteiger partial charge in [-0.25, -0.2) is 4.79 Å². The molecule has 0 saturated carbocycles. The summed E-state index contributed by atoms with van der Waals surface area (Å²) < 4.78 is 11.1. The fourth-order valence-electron chi connectivity index (χ4n) is 3.01. The van der Waals surface area contributed by atoms with Crippen molar-refractivity contribution in [2.24, 2.45) is 5.92 Å². The van der Waals surface area contributed by atoms with Gasteiger partial charge in [0, 0.05) is 0 Å². The topological polar surface area (TPSA) is 47.6 Å². The first-order valence-corrected chi connectivity index (χ1v) is 8.96. The van der Waals surface area contributed by atoms with Gasteiger partial charge in [-0.05, 0) is 68.1 Å². The first-order chi connectivity index (χ1) is 12.3. The molecule has 25 heavy (non-hydrogen) atoms. The van der Waals surface area contributed by atoms with Gasteiger partial charge in [0.2, 0.25) is 0 Å². The molecule has 4 nitrogen and oxygen atoms in total. The summed E-state index contributed by atoms with van der Waals surface area (Å²) in [6.45, 7) is 3.23. The predicted molar refractivity (Wildman–Crippen MR) is 97.7 cm³/mol. The molecule has 1 heterocycles. The SMILES string of the molecule is O=C(OCc1ccccc1)c1ccc(OCC[C@@H]2CCCNC2)cc1. The van der Waals surface area contributed by atoms with Crippen LogP contribution in [-0.2, 0) is 11.3 Å². The summed E-state index contributed by atoms with van der Waals surface area (Å²) >= 11 is 0.